The minimum Gasteiger partial charge on any atom is -0.494 e. The van der Waals surface area contributed by atoms with Crippen LogP contribution in [0.15, 0.2) is 17.1 Å². The Morgan fingerprint density at radius 3 is 2.77 bits per heavy atom. The fourth-order valence-corrected chi connectivity index (χ4v) is 4.07. The maximum atomic E-state index is 12.1. The second-order valence-electron chi connectivity index (χ2n) is 8.05. The van der Waals surface area contributed by atoms with Crippen LogP contribution in [-0.4, -0.2) is 43.7 Å². The van der Waals surface area contributed by atoms with E-state index in [1.165, 1.54) is 18.4 Å². The van der Waals surface area contributed by atoms with Gasteiger partial charge in [0.25, 0.3) is 0 Å². The summed E-state index contributed by atoms with van der Waals surface area (Å²) in [5.41, 5.74) is 2.19. The Bertz CT molecular complexity index is 744. The molecular weight excluding hydrogens is 380 g/mol. The van der Waals surface area contributed by atoms with Crippen molar-refractivity contribution in [1.82, 2.24) is 16.0 Å². The van der Waals surface area contributed by atoms with Crippen molar-refractivity contribution in [2.75, 3.05) is 19.7 Å². The standard InChI is InChI=1S/C23H36N4O3/c1-4-24-23(25-11-10-22(28)27-19-8-6-7-9-19)26-15-18-14-21-17(12-16(3)30-21)13-20(18)29-5-2/h13-14,16,19H,4-12,15H2,1-3H3,(H,27,28)(H2,24,25,26). The smallest absolute Gasteiger partial charge is 0.221 e. The van der Waals surface area contributed by atoms with E-state index in [1.807, 2.05) is 19.9 Å². The summed E-state index contributed by atoms with van der Waals surface area (Å²) in [6, 6.07) is 4.49. The summed E-state index contributed by atoms with van der Waals surface area (Å²) in [6.45, 7) is 8.48. The lowest BCUT2D eigenvalue weighted by molar-refractivity contribution is -0.121. The van der Waals surface area contributed by atoms with E-state index >= 15 is 0 Å². The molecule has 1 amide bonds. The molecule has 7 heteroatoms. The van der Waals surface area contributed by atoms with Gasteiger partial charge in [0.1, 0.15) is 17.6 Å². The first-order valence-electron chi connectivity index (χ1n) is 11.4. The molecule has 0 saturated heterocycles. The van der Waals surface area contributed by atoms with Gasteiger partial charge < -0.3 is 25.4 Å². The number of benzene rings is 1. The van der Waals surface area contributed by atoms with E-state index in [2.05, 4.69) is 28.9 Å². The number of carbonyl (C=O) groups is 1. The molecule has 7 nitrogen and oxygen atoms in total. The maximum absolute atomic E-state index is 12.1. The summed E-state index contributed by atoms with van der Waals surface area (Å²) in [7, 11) is 0. The van der Waals surface area contributed by atoms with Crippen LogP contribution in [0.25, 0.3) is 0 Å². The number of hydrogen-bond donors (Lipinski definition) is 3. The van der Waals surface area contributed by atoms with Crippen LogP contribution in [0.2, 0.25) is 0 Å². The summed E-state index contributed by atoms with van der Waals surface area (Å²) in [5, 5.41) is 9.63. The molecule has 0 spiro atoms. The third-order valence-electron chi connectivity index (χ3n) is 5.50. The zero-order valence-corrected chi connectivity index (χ0v) is 18.6. The van der Waals surface area contributed by atoms with E-state index in [9.17, 15) is 4.79 Å². The lowest BCUT2D eigenvalue weighted by atomic mass is 10.1. The third kappa shape index (κ3) is 6.28. The van der Waals surface area contributed by atoms with Gasteiger partial charge in [0.15, 0.2) is 5.96 Å². The highest BCUT2D eigenvalue weighted by molar-refractivity contribution is 5.81. The summed E-state index contributed by atoms with van der Waals surface area (Å²) in [4.78, 5) is 16.8. The predicted octanol–water partition coefficient (Wildman–Crippen LogP) is 2.91. The van der Waals surface area contributed by atoms with Crippen LogP contribution in [0.4, 0.5) is 0 Å². The first-order chi connectivity index (χ1) is 14.6. The molecule has 1 aromatic carbocycles. The van der Waals surface area contributed by atoms with E-state index in [1.54, 1.807) is 0 Å². The van der Waals surface area contributed by atoms with E-state index in [0.717, 1.165) is 42.9 Å². The van der Waals surface area contributed by atoms with Gasteiger partial charge in [-0.15, -0.1) is 0 Å². The second-order valence-corrected chi connectivity index (χ2v) is 8.05. The van der Waals surface area contributed by atoms with Crippen molar-refractivity contribution in [3.8, 4) is 11.5 Å². The number of aliphatic imine (C=N–C) groups is 1. The molecule has 0 aromatic heterocycles. The third-order valence-corrected chi connectivity index (χ3v) is 5.50. The molecule has 1 saturated carbocycles. The molecule has 1 fully saturated rings. The molecule has 3 rings (SSSR count). The van der Waals surface area contributed by atoms with Crippen molar-refractivity contribution in [3.63, 3.8) is 0 Å². The number of fused-ring (bicyclic) bond motifs is 1. The molecule has 1 aliphatic heterocycles. The van der Waals surface area contributed by atoms with E-state index in [4.69, 9.17) is 14.5 Å². The Kier molecular flexibility index (Phi) is 8.22. The molecule has 0 bridgehead atoms. The number of rotatable bonds is 9. The SMILES string of the molecule is CCNC(=NCc1cc2c(cc1OCC)CC(C)O2)NCCC(=O)NC1CCCC1. The van der Waals surface area contributed by atoms with Gasteiger partial charge in [-0.25, -0.2) is 4.99 Å². The first kappa shape index (κ1) is 22.2. The number of guanidine groups is 1. The molecule has 1 unspecified atom stereocenters. The Hall–Kier alpha value is -2.44. The van der Waals surface area contributed by atoms with Crippen LogP contribution in [0.5, 0.6) is 11.5 Å². The van der Waals surface area contributed by atoms with Crippen LogP contribution < -0.4 is 25.4 Å². The Morgan fingerprint density at radius 1 is 1.23 bits per heavy atom. The van der Waals surface area contributed by atoms with Crippen molar-refractivity contribution in [1.29, 1.82) is 0 Å². The highest BCUT2D eigenvalue weighted by Gasteiger charge is 2.22. The average Bonchev–Trinajstić information content (AvgIpc) is 3.34. The number of nitrogens with zero attached hydrogens (tertiary/aromatic N) is 1. The Labute approximate surface area is 180 Å². The van der Waals surface area contributed by atoms with Crippen LogP contribution >= 0.6 is 0 Å². The monoisotopic (exact) mass is 416 g/mol. The summed E-state index contributed by atoms with van der Waals surface area (Å²) in [5.74, 6) is 2.60. The van der Waals surface area contributed by atoms with Crippen LogP contribution in [0.1, 0.15) is 64.0 Å². The topological polar surface area (TPSA) is 84.0 Å². The van der Waals surface area contributed by atoms with E-state index in [0.29, 0.717) is 38.1 Å². The van der Waals surface area contributed by atoms with Crippen LogP contribution in [0, 0.1) is 0 Å². The van der Waals surface area contributed by atoms with Crippen molar-refractivity contribution in [2.45, 2.75) is 78.0 Å². The van der Waals surface area contributed by atoms with E-state index in [-0.39, 0.29) is 12.0 Å². The summed E-state index contributed by atoms with van der Waals surface area (Å²) < 4.78 is 11.7. The molecule has 1 aliphatic carbocycles. The van der Waals surface area contributed by atoms with Gasteiger partial charge in [0.2, 0.25) is 5.91 Å². The number of amides is 1. The van der Waals surface area contributed by atoms with Crippen molar-refractivity contribution in [2.24, 2.45) is 4.99 Å². The number of carbonyl (C=O) groups excluding carboxylic acids is 1. The Morgan fingerprint density at radius 2 is 2.03 bits per heavy atom. The van der Waals surface area contributed by atoms with Gasteiger partial charge in [0, 0.05) is 43.1 Å². The molecule has 0 radical (unpaired) electrons. The normalized spacial score (nSPS) is 18.6. The fourth-order valence-electron chi connectivity index (χ4n) is 4.07. The number of nitrogens with one attached hydrogen (secondary N) is 3. The largest absolute Gasteiger partial charge is 0.494 e. The highest BCUT2D eigenvalue weighted by Crippen LogP contribution is 2.35. The molecule has 1 heterocycles. The molecule has 166 valence electrons. The average molecular weight is 417 g/mol. The van der Waals surface area contributed by atoms with Crippen molar-refractivity contribution < 1.29 is 14.3 Å². The Balaban J connectivity index is 1.57. The summed E-state index contributed by atoms with van der Waals surface area (Å²) >= 11 is 0. The van der Waals surface area contributed by atoms with Gasteiger partial charge in [0.05, 0.1) is 13.2 Å². The number of ether oxygens (including phenoxy) is 2. The highest BCUT2D eigenvalue weighted by atomic mass is 16.5. The van der Waals surface area contributed by atoms with Gasteiger partial charge in [-0.05, 0) is 45.7 Å². The first-order valence-corrected chi connectivity index (χ1v) is 11.4. The minimum atomic E-state index is 0.105. The molecule has 30 heavy (non-hydrogen) atoms. The zero-order valence-electron chi connectivity index (χ0n) is 18.6. The van der Waals surface area contributed by atoms with Gasteiger partial charge in [-0.1, -0.05) is 12.8 Å². The lowest BCUT2D eigenvalue weighted by Crippen LogP contribution is -2.40. The molecule has 1 atom stereocenters. The zero-order chi connectivity index (χ0) is 21.3. The fraction of sp³-hybridized carbons (Fsp3) is 0.652. The summed E-state index contributed by atoms with van der Waals surface area (Å²) in [6.07, 6.45) is 6.20. The molecule has 1 aromatic rings. The number of hydrogen-bond acceptors (Lipinski definition) is 4. The van der Waals surface area contributed by atoms with Crippen LogP contribution in [-0.2, 0) is 17.8 Å². The minimum absolute atomic E-state index is 0.105. The molecular formula is C23H36N4O3. The quantitative estimate of drug-likeness (QED) is 0.426. The van der Waals surface area contributed by atoms with Gasteiger partial charge in [-0.2, -0.15) is 0 Å². The lowest BCUT2D eigenvalue weighted by Gasteiger charge is -2.15. The van der Waals surface area contributed by atoms with E-state index < -0.39 is 0 Å². The van der Waals surface area contributed by atoms with Crippen molar-refractivity contribution >= 4 is 11.9 Å². The molecule has 2 aliphatic rings. The predicted molar refractivity (Wildman–Crippen MR) is 119 cm³/mol. The van der Waals surface area contributed by atoms with Gasteiger partial charge in [-0.3, -0.25) is 4.79 Å². The van der Waals surface area contributed by atoms with Crippen molar-refractivity contribution in [3.05, 3.63) is 23.3 Å². The maximum Gasteiger partial charge on any atom is 0.221 e. The molecule has 3 N–H and O–H groups in total. The van der Waals surface area contributed by atoms with Crippen LogP contribution in [0.3, 0.4) is 0 Å². The van der Waals surface area contributed by atoms with Gasteiger partial charge >= 0.3 is 0 Å². The second kappa shape index (κ2) is 11.1.